The number of amides is 1. The van der Waals surface area contributed by atoms with E-state index in [2.05, 4.69) is 5.32 Å². The molecular weight excluding hydrogens is 216 g/mol. The molecule has 2 unspecified atom stereocenters. The smallest absolute Gasteiger partial charge is 0.224 e. The molecule has 2 atom stereocenters. The molecule has 0 aromatic heterocycles. The lowest BCUT2D eigenvalue weighted by Gasteiger charge is -2.17. The summed E-state index contributed by atoms with van der Waals surface area (Å²) in [5, 5.41) is 12.1. The van der Waals surface area contributed by atoms with E-state index in [0.717, 1.165) is 24.8 Å². The monoisotopic (exact) mass is 234 g/mol. The summed E-state index contributed by atoms with van der Waals surface area (Å²) in [5.74, 6) is 0.213. The zero-order valence-electron chi connectivity index (χ0n) is 9.73. The number of nitrogens with one attached hydrogen (secondary N) is 1. The summed E-state index contributed by atoms with van der Waals surface area (Å²) in [6.45, 7) is 0. The normalized spacial score (nSPS) is 23.6. The van der Waals surface area contributed by atoms with Crippen LogP contribution >= 0.6 is 0 Å². The van der Waals surface area contributed by atoms with Crippen LogP contribution in [-0.2, 0) is 11.2 Å². The number of rotatable bonds is 3. The molecule has 1 aromatic rings. The molecule has 0 radical (unpaired) electrons. The van der Waals surface area contributed by atoms with Gasteiger partial charge < -0.3 is 16.2 Å². The Labute approximate surface area is 101 Å². The van der Waals surface area contributed by atoms with E-state index in [4.69, 9.17) is 10.8 Å². The first-order chi connectivity index (χ1) is 8.15. The molecule has 0 aliphatic heterocycles. The van der Waals surface area contributed by atoms with Crippen molar-refractivity contribution in [1.29, 1.82) is 0 Å². The maximum Gasteiger partial charge on any atom is 0.224 e. The van der Waals surface area contributed by atoms with E-state index in [1.165, 1.54) is 0 Å². The molecule has 1 saturated carbocycles. The molecule has 1 aromatic carbocycles. The number of benzene rings is 1. The van der Waals surface area contributed by atoms with Gasteiger partial charge in [-0.2, -0.15) is 0 Å². The molecule has 0 spiro atoms. The predicted molar refractivity (Wildman–Crippen MR) is 65.6 cm³/mol. The van der Waals surface area contributed by atoms with Crippen LogP contribution in [0.25, 0.3) is 0 Å². The Balaban J connectivity index is 1.86. The van der Waals surface area contributed by atoms with Crippen molar-refractivity contribution in [3.05, 3.63) is 29.8 Å². The Hall–Kier alpha value is -1.55. The van der Waals surface area contributed by atoms with Crippen LogP contribution < -0.4 is 11.1 Å². The van der Waals surface area contributed by atoms with Gasteiger partial charge in [0.05, 0.1) is 6.42 Å². The second-order valence-corrected chi connectivity index (χ2v) is 4.61. The lowest BCUT2D eigenvalue weighted by atomic mass is 10.1. The lowest BCUT2D eigenvalue weighted by Crippen LogP contribution is -2.44. The second-order valence-electron chi connectivity index (χ2n) is 4.61. The maximum absolute atomic E-state index is 11.8. The summed E-state index contributed by atoms with van der Waals surface area (Å²) in [4.78, 5) is 11.8. The number of phenols is 1. The Morgan fingerprint density at radius 2 is 2.06 bits per heavy atom. The molecule has 1 fully saturated rings. The molecule has 4 heteroatoms. The van der Waals surface area contributed by atoms with Crippen LogP contribution in [0.5, 0.6) is 5.75 Å². The number of hydrogen-bond acceptors (Lipinski definition) is 3. The Morgan fingerprint density at radius 3 is 2.65 bits per heavy atom. The van der Waals surface area contributed by atoms with Crippen molar-refractivity contribution < 1.29 is 9.90 Å². The Kier molecular flexibility index (Phi) is 3.64. The van der Waals surface area contributed by atoms with Crippen molar-refractivity contribution >= 4 is 5.91 Å². The fraction of sp³-hybridized carbons (Fsp3) is 0.462. The van der Waals surface area contributed by atoms with Crippen molar-refractivity contribution in [2.75, 3.05) is 0 Å². The molecule has 0 saturated heterocycles. The number of carbonyl (C=O) groups is 1. The van der Waals surface area contributed by atoms with Crippen LogP contribution in [0.2, 0.25) is 0 Å². The van der Waals surface area contributed by atoms with Gasteiger partial charge in [-0.15, -0.1) is 0 Å². The molecule has 1 aliphatic rings. The molecule has 0 bridgehead atoms. The SMILES string of the molecule is NC1CCCC1NC(=O)Cc1ccc(O)cc1. The molecule has 2 rings (SSSR count). The minimum absolute atomic E-state index is 0.00182. The highest BCUT2D eigenvalue weighted by Gasteiger charge is 2.24. The van der Waals surface area contributed by atoms with Crippen LogP contribution in [0, 0.1) is 0 Å². The van der Waals surface area contributed by atoms with E-state index in [1.54, 1.807) is 24.3 Å². The largest absolute Gasteiger partial charge is 0.508 e. The number of nitrogens with two attached hydrogens (primary N) is 1. The van der Waals surface area contributed by atoms with Crippen LogP contribution in [-0.4, -0.2) is 23.1 Å². The highest BCUT2D eigenvalue weighted by molar-refractivity contribution is 5.79. The molecular formula is C13H18N2O2. The number of hydrogen-bond donors (Lipinski definition) is 3. The first kappa shape index (κ1) is 11.9. The summed E-state index contributed by atoms with van der Waals surface area (Å²) in [6.07, 6.45) is 3.39. The first-order valence-electron chi connectivity index (χ1n) is 5.98. The summed E-state index contributed by atoms with van der Waals surface area (Å²) < 4.78 is 0. The van der Waals surface area contributed by atoms with Crippen LogP contribution in [0.1, 0.15) is 24.8 Å². The molecule has 4 N–H and O–H groups in total. The van der Waals surface area contributed by atoms with Crippen LogP contribution in [0.15, 0.2) is 24.3 Å². The minimum Gasteiger partial charge on any atom is -0.508 e. The number of phenolic OH excluding ortho intramolecular Hbond substituents is 1. The topological polar surface area (TPSA) is 75.3 Å². The van der Waals surface area contributed by atoms with Gasteiger partial charge in [0.25, 0.3) is 0 Å². The van der Waals surface area contributed by atoms with E-state index >= 15 is 0 Å². The van der Waals surface area contributed by atoms with Gasteiger partial charge in [-0.05, 0) is 37.0 Å². The van der Waals surface area contributed by atoms with Gasteiger partial charge in [-0.25, -0.2) is 0 Å². The van der Waals surface area contributed by atoms with E-state index in [-0.39, 0.29) is 23.7 Å². The highest BCUT2D eigenvalue weighted by Crippen LogP contribution is 2.17. The van der Waals surface area contributed by atoms with E-state index in [1.807, 2.05) is 0 Å². The van der Waals surface area contributed by atoms with E-state index < -0.39 is 0 Å². The van der Waals surface area contributed by atoms with Gasteiger partial charge in [0, 0.05) is 12.1 Å². The van der Waals surface area contributed by atoms with Crippen LogP contribution in [0.4, 0.5) is 0 Å². The Bertz CT molecular complexity index is 389. The standard InChI is InChI=1S/C13H18N2O2/c14-11-2-1-3-12(11)15-13(17)8-9-4-6-10(16)7-5-9/h4-7,11-12,16H,1-3,8,14H2,(H,15,17). The fourth-order valence-corrected chi connectivity index (χ4v) is 2.22. The number of carbonyl (C=O) groups excluding carboxylic acids is 1. The number of aromatic hydroxyl groups is 1. The highest BCUT2D eigenvalue weighted by atomic mass is 16.3. The van der Waals surface area contributed by atoms with E-state index in [0.29, 0.717) is 6.42 Å². The molecule has 17 heavy (non-hydrogen) atoms. The summed E-state index contributed by atoms with van der Waals surface area (Å²) in [6, 6.07) is 6.90. The molecule has 1 amide bonds. The molecule has 92 valence electrons. The third-order valence-corrected chi connectivity index (χ3v) is 3.22. The van der Waals surface area contributed by atoms with Gasteiger partial charge in [0.15, 0.2) is 0 Å². The van der Waals surface area contributed by atoms with Crippen molar-refractivity contribution in [2.24, 2.45) is 5.73 Å². The summed E-state index contributed by atoms with van der Waals surface area (Å²) in [5.41, 5.74) is 6.79. The van der Waals surface area contributed by atoms with Crippen molar-refractivity contribution in [3.63, 3.8) is 0 Å². The van der Waals surface area contributed by atoms with Gasteiger partial charge in [-0.3, -0.25) is 4.79 Å². The van der Waals surface area contributed by atoms with Crippen molar-refractivity contribution in [1.82, 2.24) is 5.32 Å². The van der Waals surface area contributed by atoms with Gasteiger partial charge in [0.2, 0.25) is 5.91 Å². The third kappa shape index (κ3) is 3.20. The van der Waals surface area contributed by atoms with Crippen molar-refractivity contribution in [2.45, 2.75) is 37.8 Å². The molecule has 4 nitrogen and oxygen atoms in total. The third-order valence-electron chi connectivity index (χ3n) is 3.22. The maximum atomic E-state index is 11.8. The average molecular weight is 234 g/mol. The summed E-state index contributed by atoms with van der Waals surface area (Å²) in [7, 11) is 0. The summed E-state index contributed by atoms with van der Waals surface area (Å²) >= 11 is 0. The predicted octanol–water partition coefficient (Wildman–Crippen LogP) is 0.931. The molecule has 1 aliphatic carbocycles. The first-order valence-corrected chi connectivity index (χ1v) is 5.98. The zero-order chi connectivity index (χ0) is 12.3. The average Bonchev–Trinajstić information content (AvgIpc) is 2.68. The second kappa shape index (κ2) is 5.19. The molecule has 0 heterocycles. The van der Waals surface area contributed by atoms with Crippen molar-refractivity contribution in [3.8, 4) is 5.75 Å². The zero-order valence-corrected chi connectivity index (χ0v) is 9.73. The quantitative estimate of drug-likeness (QED) is 0.728. The van der Waals surface area contributed by atoms with E-state index in [9.17, 15) is 4.79 Å². The van der Waals surface area contributed by atoms with Gasteiger partial charge in [0.1, 0.15) is 5.75 Å². The van der Waals surface area contributed by atoms with Gasteiger partial charge in [-0.1, -0.05) is 12.1 Å². The lowest BCUT2D eigenvalue weighted by molar-refractivity contribution is -0.121. The Morgan fingerprint density at radius 1 is 1.35 bits per heavy atom. The van der Waals surface area contributed by atoms with Crippen LogP contribution in [0.3, 0.4) is 0 Å². The minimum atomic E-state index is -0.00182. The van der Waals surface area contributed by atoms with Gasteiger partial charge >= 0.3 is 0 Å². The fourth-order valence-electron chi connectivity index (χ4n) is 2.22.